The monoisotopic (exact) mass is 271 g/mol. The van der Waals surface area contributed by atoms with Crippen molar-refractivity contribution in [3.8, 4) is 0 Å². The summed E-state index contributed by atoms with van der Waals surface area (Å²) >= 11 is 0. The molecule has 0 saturated carbocycles. The zero-order chi connectivity index (χ0) is 15.7. The number of allylic oxidation sites excluding steroid dienone is 1. The molecule has 1 aromatic carbocycles. The lowest BCUT2D eigenvalue weighted by molar-refractivity contribution is 0.526. The van der Waals surface area contributed by atoms with Gasteiger partial charge < -0.3 is 0 Å². The van der Waals surface area contributed by atoms with Crippen LogP contribution < -0.4 is 0 Å². The van der Waals surface area contributed by atoms with E-state index in [1.807, 2.05) is 0 Å². The van der Waals surface area contributed by atoms with E-state index in [9.17, 15) is 0 Å². The summed E-state index contributed by atoms with van der Waals surface area (Å²) < 4.78 is 0. The smallest absolute Gasteiger partial charge is 0.0665 e. The molecule has 1 heteroatoms. The number of aryl methyl sites for hydroxylation is 1. The molecule has 0 spiro atoms. The Kier molecular flexibility index (Phi) is 4.63. The van der Waals surface area contributed by atoms with E-state index >= 15 is 0 Å². The highest BCUT2D eigenvalue weighted by molar-refractivity contribution is 6.00. The SMILES string of the molecule is C=C(/C(C)=N\c1cc(C(C)(C)C)ccc1C)C(C)(C)C. The van der Waals surface area contributed by atoms with Crippen LogP contribution in [0.25, 0.3) is 0 Å². The van der Waals surface area contributed by atoms with E-state index in [-0.39, 0.29) is 10.8 Å². The largest absolute Gasteiger partial charge is 0.253 e. The summed E-state index contributed by atoms with van der Waals surface area (Å²) in [5.41, 5.74) is 5.90. The number of nitrogens with zero attached hydrogens (tertiary/aromatic N) is 1. The van der Waals surface area contributed by atoms with Gasteiger partial charge in [-0.1, -0.05) is 60.3 Å². The van der Waals surface area contributed by atoms with Gasteiger partial charge in [-0.2, -0.15) is 0 Å². The van der Waals surface area contributed by atoms with Crippen molar-refractivity contribution in [1.82, 2.24) is 0 Å². The van der Waals surface area contributed by atoms with Gasteiger partial charge in [0.1, 0.15) is 0 Å². The van der Waals surface area contributed by atoms with Gasteiger partial charge in [0.2, 0.25) is 0 Å². The van der Waals surface area contributed by atoms with E-state index in [1.54, 1.807) is 0 Å². The van der Waals surface area contributed by atoms with Crippen LogP contribution in [0.15, 0.2) is 35.3 Å². The van der Waals surface area contributed by atoms with Crippen molar-refractivity contribution in [2.24, 2.45) is 10.4 Å². The Morgan fingerprint density at radius 1 is 1.05 bits per heavy atom. The summed E-state index contributed by atoms with van der Waals surface area (Å²) in [7, 11) is 0. The van der Waals surface area contributed by atoms with E-state index < -0.39 is 0 Å². The van der Waals surface area contributed by atoms with Crippen LogP contribution in [0, 0.1) is 12.3 Å². The quantitative estimate of drug-likeness (QED) is 0.586. The number of aliphatic imine (C=N–C) groups is 1. The molecular formula is C19H29N. The highest BCUT2D eigenvalue weighted by Gasteiger charge is 2.18. The van der Waals surface area contributed by atoms with Crippen LogP contribution in [0.3, 0.4) is 0 Å². The Morgan fingerprint density at radius 3 is 2.05 bits per heavy atom. The molecule has 0 unspecified atom stereocenters. The summed E-state index contributed by atoms with van der Waals surface area (Å²) in [6.45, 7) is 21.6. The Morgan fingerprint density at radius 2 is 1.60 bits per heavy atom. The lowest BCUT2D eigenvalue weighted by atomic mass is 9.84. The molecule has 0 aliphatic carbocycles. The molecule has 1 aromatic rings. The molecule has 0 bridgehead atoms. The molecular weight excluding hydrogens is 242 g/mol. The minimum absolute atomic E-state index is 0.0587. The molecule has 0 aliphatic heterocycles. The van der Waals surface area contributed by atoms with Crippen LogP contribution >= 0.6 is 0 Å². The van der Waals surface area contributed by atoms with Crippen molar-refractivity contribution in [2.75, 3.05) is 0 Å². The van der Waals surface area contributed by atoms with Crippen molar-refractivity contribution < 1.29 is 0 Å². The molecule has 0 heterocycles. The van der Waals surface area contributed by atoms with Crippen molar-refractivity contribution in [3.63, 3.8) is 0 Å². The molecule has 1 nitrogen and oxygen atoms in total. The Bertz CT molecular complexity index is 534. The van der Waals surface area contributed by atoms with Gasteiger partial charge in [0.05, 0.1) is 5.69 Å². The van der Waals surface area contributed by atoms with E-state index in [2.05, 4.69) is 80.2 Å². The zero-order valence-electron chi connectivity index (χ0n) is 14.4. The fourth-order valence-corrected chi connectivity index (χ4v) is 1.99. The van der Waals surface area contributed by atoms with E-state index in [0.717, 1.165) is 17.0 Å². The second kappa shape index (κ2) is 5.55. The lowest BCUT2D eigenvalue weighted by Gasteiger charge is -2.22. The van der Waals surface area contributed by atoms with Crippen molar-refractivity contribution in [1.29, 1.82) is 0 Å². The van der Waals surface area contributed by atoms with Crippen LogP contribution in [0.2, 0.25) is 0 Å². The molecule has 20 heavy (non-hydrogen) atoms. The molecule has 0 radical (unpaired) electrons. The third-order valence-electron chi connectivity index (χ3n) is 3.71. The molecule has 0 N–H and O–H groups in total. The maximum Gasteiger partial charge on any atom is 0.0665 e. The fraction of sp³-hybridized carbons (Fsp3) is 0.526. The first-order chi connectivity index (χ1) is 8.93. The predicted molar refractivity (Wildman–Crippen MR) is 91.2 cm³/mol. The Labute approximate surface area is 124 Å². The van der Waals surface area contributed by atoms with Crippen LogP contribution in [-0.4, -0.2) is 5.71 Å². The summed E-state index contributed by atoms with van der Waals surface area (Å²) in [4.78, 5) is 4.82. The van der Waals surface area contributed by atoms with E-state index in [0.29, 0.717) is 0 Å². The van der Waals surface area contributed by atoms with Gasteiger partial charge in [0.15, 0.2) is 0 Å². The van der Waals surface area contributed by atoms with Gasteiger partial charge in [-0.25, -0.2) is 0 Å². The van der Waals surface area contributed by atoms with Gasteiger partial charge in [-0.15, -0.1) is 0 Å². The zero-order valence-corrected chi connectivity index (χ0v) is 14.4. The fourth-order valence-electron chi connectivity index (χ4n) is 1.99. The highest BCUT2D eigenvalue weighted by Crippen LogP contribution is 2.30. The number of benzene rings is 1. The summed E-state index contributed by atoms with van der Waals surface area (Å²) in [5, 5.41) is 0. The first-order valence-corrected chi connectivity index (χ1v) is 7.29. The molecule has 0 amide bonds. The molecule has 0 saturated heterocycles. The number of hydrogen-bond donors (Lipinski definition) is 0. The Hall–Kier alpha value is -1.37. The molecule has 110 valence electrons. The van der Waals surface area contributed by atoms with Crippen LogP contribution in [-0.2, 0) is 5.41 Å². The lowest BCUT2D eigenvalue weighted by Crippen LogP contribution is -2.14. The summed E-state index contributed by atoms with van der Waals surface area (Å²) in [6, 6.07) is 6.56. The second-order valence-corrected chi connectivity index (χ2v) is 7.68. The van der Waals surface area contributed by atoms with Gasteiger partial charge in [-0.3, -0.25) is 4.99 Å². The van der Waals surface area contributed by atoms with Crippen molar-refractivity contribution in [3.05, 3.63) is 41.5 Å². The van der Waals surface area contributed by atoms with E-state index in [1.165, 1.54) is 11.1 Å². The maximum atomic E-state index is 4.82. The van der Waals surface area contributed by atoms with Crippen molar-refractivity contribution >= 4 is 11.4 Å². The normalized spacial score (nSPS) is 13.5. The first-order valence-electron chi connectivity index (χ1n) is 7.29. The average molecular weight is 271 g/mol. The number of rotatable bonds is 2. The minimum atomic E-state index is 0.0587. The molecule has 0 fully saturated rings. The van der Waals surface area contributed by atoms with E-state index in [4.69, 9.17) is 4.99 Å². The summed E-state index contributed by atoms with van der Waals surface area (Å²) in [6.07, 6.45) is 0. The van der Waals surface area contributed by atoms with Crippen LogP contribution in [0.4, 0.5) is 5.69 Å². The van der Waals surface area contributed by atoms with Gasteiger partial charge >= 0.3 is 0 Å². The molecule has 0 atom stereocenters. The van der Waals surface area contributed by atoms with Crippen LogP contribution in [0.1, 0.15) is 59.6 Å². The highest BCUT2D eigenvalue weighted by atomic mass is 14.8. The molecule has 0 aliphatic rings. The first kappa shape index (κ1) is 16.7. The van der Waals surface area contributed by atoms with Crippen molar-refractivity contribution in [2.45, 2.75) is 60.8 Å². The van der Waals surface area contributed by atoms with Gasteiger partial charge in [-0.05, 0) is 47.4 Å². The third-order valence-corrected chi connectivity index (χ3v) is 3.71. The Balaban J connectivity index is 3.24. The average Bonchev–Trinajstić information content (AvgIpc) is 2.28. The topological polar surface area (TPSA) is 12.4 Å². The minimum Gasteiger partial charge on any atom is -0.253 e. The summed E-state index contributed by atoms with van der Waals surface area (Å²) in [5.74, 6) is 0. The third kappa shape index (κ3) is 4.06. The van der Waals surface area contributed by atoms with Gasteiger partial charge in [0.25, 0.3) is 0 Å². The standard InChI is InChI=1S/C19H29N/c1-13-10-11-16(19(7,8)9)12-17(13)20-15(3)14(2)18(4,5)6/h10-12H,2H2,1,3-9H3/b20-15-. The second-order valence-electron chi connectivity index (χ2n) is 7.68. The van der Waals surface area contributed by atoms with Gasteiger partial charge in [0, 0.05) is 5.71 Å². The number of hydrogen-bond acceptors (Lipinski definition) is 1. The molecule has 0 aromatic heterocycles. The van der Waals surface area contributed by atoms with Crippen LogP contribution in [0.5, 0.6) is 0 Å². The molecule has 1 rings (SSSR count). The predicted octanol–water partition coefficient (Wildman–Crippen LogP) is 5.99. The maximum absolute atomic E-state index is 4.82.